The summed E-state index contributed by atoms with van der Waals surface area (Å²) in [7, 11) is 0. The first-order valence-electron chi connectivity index (χ1n) is 9.16. The minimum absolute atomic E-state index is 0.00316. The van der Waals surface area contributed by atoms with Crippen LogP contribution in [0.5, 0.6) is 0 Å². The summed E-state index contributed by atoms with van der Waals surface area (Å²) in [5, 5.41) is 7.93. The predicted molar refractivity (Wildman–Crippen MR) is 109 cm³/mol. The lowest BCUT2D eigenvalue weighted by atomic mass is 10.1. The van der Waals surface area contributed by atoms with Gasteiger partial charge in [0, 0.05) is 24.1 Å². The topological polar surface area (TPSA) is 76.9 Å². The summed E-state index contributed by atoms with van der Waals surface area (Å²) in [6.07, 6.45) is 2.27. The van der Waals surface area contributed by atoms with Crippen molar-refractivity contribution in [2.45, 2.75) is 30.8 Å². The summed E-state index contributed by atoms with van der Waals surface area (Å²) in [5.74, 6) is 1.56. The van der Waals surface area contributed by atoms with Gasteiger partial charge >= 0.3 is 0 Å². The van der Waals surface area contributed by atoms with Crippen LogP contribution < -0.4 is 5.32 Å². The number of para-hydroxylation sites is 1. The molecule has 6 nitrogen and oxygen atoms in total. The molecule has 0 aliphatic heterocycles. The van der Waals surface area contributed by atoms with E-state index in [0.717, 1.165) is 24.4 Å². The fraction of sp³-hybridized carbons (Fsp3) is 0.238. The number of benzene rings is 2. The molecule has 1 aromatic heterocycles. The monoisotopic (exact) mass is 392 g/mol. The van der Waals surface area contributed by atoms with Gasteiger partial charge in [0.2, 0.25) is 11.1 Å². The van der Waals surface area contributed by atoms with E-state index in [9.17, 15) is 9.59 Å². The van der Waals surface area contributed by atoms with E-state index < -0.39 is 0 Å². The minimum atomic E-state index is -0.138. The molecule has 0 spiro atoms. The van der Waals surface area contributed by atoms with E-state index in [1.54, 1.807) is 24.3 Å². The van der Waals surface area contributed by atoms with E-state index in [-0.39, 0.29) is 17.4 Å². The molecule has 1 fully saturated rings. The molecular weight excluding hydrogens is 372 g/mol. The standard InChI is InChI=1S/C21H20N4O2S/c1-14(26)22-17-11-9-15(10-12-17)19(27)13-28-21-23-20(16-7-8-16)25(24-21)18-5-3-2-4-6-18/h2-6,9-12,16H,7-8,13H2,1H3,(H,22,26). The van der Waals surface area contributed by atoms with E-state index >= 15 is 0 Å². The van der Waals surface area contributed by atoms with Crippen molar-refractivity contribution in [3.63, 3.8) is 0 Å². The van der Waals surface area contributed by atoms with Gasteiger partial charge in [-0.05, 0) is 49.2 Å². The Kier molecular flexibility index (Phi) is 5.25. The lowest BCUT2D eigenvalue weighted by molar-refractivity contribution is -0.114. The highest BCUT2D eigenvalue weighted by molar-refractivity contribution is 7.99. The van der Waals surface area contributed by atoms with Gasteiger partial charge in [-0.1, -0.05) is 30.0 Å². The Morgan fingerprint density at radius 3 is 2.46 bits per heavy atom. The highest BCUT2D eigenvalue weighted by Crippen LogP contribution is 2.40. The van der Waals surface area contributed by atoms with Crippen molar-refractivity contribution in [1.29, 1.82) is 0 Å². The summed E-state index contributed by atoms with van der Waals surface area (Å²) in [5.41, 5.74) is 2.27. The Hall–Kier alpha value is -2.93. The molecule has 4 rings (SSSR count). The third-order valence-electron chi connectivity index (χ3n) is 4.42. The van der Waals surface area contributed by atoms with Gasteiger partial charge in [-0.25, -0.2) is 9.67 Å². The number of nitrogens with zero attached hydrogens (tertiary/aromatic N) is 3. The number of hydrogen-bond donors (Lipinski definition) is 1. The molecule has 1 amide bonds. The third-order valence-corrected chi connectivity index (χ3v) is 5.25. The van der Waals surface area contributed by atoms with Crippen LogP contribution in [-0.4, -0.2) is 32.2 Å². The average molecular weight is 392 g/mol. The van der Waals surface area contributed by atoms with E-state index in [1.165, 1.54) is 18.7 Å². The molecule has 1 aliphatic carbocycles. The zero-order valence-corrected chi connectivity index (χ0v) is 16.3. The summed E-state index contributed by atoms with van der Waals surface area (Å²) in [6, 6.07) is 16.9. The van der Waals surface area contributed by atoms with Gasteiger partial charge in [0.25, 0.3) is 0 Å². The highest BCUT2D eigenvalue weighted by Gasteiger charge is 2.30. The Morgan fingerprint density at radius 2 is 1.82 bits per heavy atom. The molecule has 0 atom stereocenters. The second kappa shape index (κ2) is 7.98. The van der Waals surface area contributed by atoms with E-state index in [0.29, 0.717) is 22.3 Å². The maximum absolute atomic E-state index is 12.5. The van der Waals surface area contributed by atoms with Crippen LogP contribution >= 0.6 is 11.8 Å². The van der Waals surface area contributed by atoms with Crippen LogP contribution in [0.15, 0.2) is 59.8 Å². The number of thioether (sulfide) groups is 1. The van der Waals surface area contributed by atoms with Crippen molar-refractivity contribution in [2.24, 2.45) is 0 Å². The summed E-state index contributed by atoms with van der Waals surface area (Å²) >= 11 is 1.35. The van der Waals surface area contributed by atoms with Gasteiger partial charge in [-0.2, -0.15) is 0 Å². The molecule has 3 aromatic rings. The summed E-state index contributed by atoms with van der Waals surface area (Å²) in [4.78, 5) is 28.2. The number of rotatable bonds is 7. The van der Waals surface area contributed by atoms with E-state index in [1.807, 2.05) is 35.0 Å². The quantitative estimate of drug-likeness (QED) is 0.484. The van der Waals surface area contributed by atoms with Crippen LogP contribution in [0.2, 0.25) is 0 Å². The maximum atomic E-state index is 12.5. The van der Waals surface area contributed by atoms with Crippen LogP contribution in [-0.2, 0) is 4.79 Å². The first-order chi connectivity index (χ1) is 13.6. The molecule has 1 heterocycles. The molecule has 0 radical (unpaired) electrons. The Morgan fingerprint density at radius 1 is 1.11 bits per heavy atom. The molecule has 0 unspecified atom stereocenters. The molecule has 0 bridgehead atoms. The SMILES string of the molecule is CC(=O)Nc1ccc(C(=O)CSc2nc(C3CC3)n(-c3ccccc3)n2)cc1. The van der Waals surface area contributed by atoms with Crippen molar-refractivity contribution in [2.75, 3.05) is 11.1 Å². The molecule has 2 aromatic carbocycles. The summed E-state index contributed by atoms with van der Waals surface area (Å²) < 4.78 is 1.90. The van der Waals surface area contributed by atoms with Crippen molar-refractivity contribution in [1.82, 2.24) is 14.8 Å². The fourth-order valence-corrected chi connectivity index (χ4v) is 3.61. The molecule has 0 saturated heterocycles. The Bertz CT molecular complexity index is 995. The summed E-state index contributed by atoms with van der Waals surface area (Å²) in [6.45, 7) is 1.45. The smallest absolute Gasteiger partial charge is 0.221 e. The van der Waals surface area contributed by atoms with Gasteiger partial charge < -0.3 is 5.32 Å². The van der Waals surface area contributed by atoms with Crippen molar-refractivity contribution >= 4 is 29.1 Å². The molecule has 1 saturated carbocycles. The predicted octanol–water partition coefficient (Wildman–Crippen LogP) is 4.08. The number of aromatic nitrogens is 3. The largest absolute Gasteiger partial charge is 0.326 e. The third kappa shape index (κ3) is 4.31. The number of ketones is 1. The molecule has 1 N–H and O–H groups in total. The van der Waals surface area contributed by atoms with Crippen molar-refractivity contribution in [3.8, 4) is 5.69 Å². The van der Waals surface area contributed by atoms with E-state index in [4.69, 9.17) is 0 Å². The van der Waals surface area contributed by atoms with Crippen LogP contribution in [0, 0.1) is 0 Å². The number of carbonyl (C=O) groups excluding carboxylic acids is 2. The van der Waals surface area contributed by atoms with Gasteiger partial charge in [0.1, 0.15) is 5.82 Å². The Labute approximate surface area is 167 Å². The maximum Gasteiger partial charge on any atom is 0.221 e. The van der Waals surface area contributed by atoms with Gasteiger partial charge in [0.15, 0.2) is 5.78 Å². The molecule has 7 heteroatoms. The van der Waals surface area contributed by atoms with E-state index in [2.05, 4.69) is 15.4 Å². The molecule has 142 valence electrons. The van der Waals surface area contributed by atoms with Crippen molar-refractivity contribution in [3.05, 3.63) is 66.0 Å². The molecule has 28 heavy (non-hydrogen) atoms. The zero-order chi connectivity index (χ0) is 19.5. The van der Waals surface area contributed by atoms with Gasteiger partial charge in [-0.3, -0.25) is 9.59 Å². The highest BCUT2D eigenvalue weighted by atomic mass is 32.2. The zero-order valence-electron chi connectivity index (χ0n) is 15.5. The number of nitrogens with one attached hydrogen (secondary N) is 1. The number of hydrogen-bond acceptors (Lipinski definition) is 5. The van der Waals surface area contributed by atoms with Crippen LogP contribution in [0.4, 0.5) is 5.69 Å². The van der Waals surface area contributed by atoms with Crippen LogP contribution in [0.1, 0.15) is 41.9 Å². The van der Waals surface area contributed by atoms with Gasteiger partial charge in [0.05, 0.1) is 11.4 Å². The lowest BCUT2D eigenvalue weighted by Gasteiger charge is -2.04. The molecular formula is C21H20N4O2S. The minimum Gasteiger partial charge on any atom is -0.326 e. The second-order valence-corrected chi connectivity index (χ2v) is 7.69. The first-order valence-corrected chi connectivity index (χ1v) is 10.1. The lowest BCUT2D eigenvalue weighted by Crippen LogP contribution is -2.07. The van der Waals surface area contributed by atoms with Gasteiger partial charge in [-0.15, -0.1) is 5.10 Å². The number of amides is 1. The number of carbonyl (C=O) groups is 2. The Balaban J connectivity index is 1.45. The number of anilines is 1. The van der Waals surface area contributed by atoms with Crippen LogP contribution in [0.3, 0.4) is 0 Å². The normalized spacial score (nSPS) is 13.3. The molecule has 1 aliphatic rings. The average Bonchev–Trinajstić information content (AvgIpc) is 3.46. The number of Topliss-reactive ketones (excluding diaryl/α,β-unsaturated/α-hetero) is 1. The van der Waals surface area contributed by atoms with Crippen molar-refractivity contribution < 1.29 is 9.59 Å². The first kappa shape index (κ1) is 18.4. The van der Waals surface area contributed by atoms with Crippen LogP contribution in [0.25, 0.3) is 5.69 Å². The fourth-order valence-electron chi connectivity index (χ4n) is 2.89. The second-order valence-electron chi connectivity index (χ2n) is 6.74.